The van der Waals surface area contributed by atoms with Crippen LogP contribution in [0.1, 0.15) is 39.2 Å². The van der Waals surface area contributed by atoms with E-state index in [9.17, 15) is 4.79 Å². The Bertz CT molecular complexity index is 1210. The van der Waals surface area contributed by atoms with Crippen molar-refractivity contribution in [1.29, 1.82) is 0 Å². The minimum Gasteiger partial charge on any atom is -0.497 e. The first kappa shape index (κ1) is 19.0. The van der Waals surface area contributed by atoms with Gasteiger partial charge in [0, 0.05) is 17.5 Å². The predicted octanol–water partition coefficient (Wildman–Crippen LogP) is 3.72. The number of benzene rings is 2. The summed E-state index contributed by atoms with van der Waals surface area (Å²) in [6, 6.07) is 14.6. The fraction of sp³-hybridized carbons (Fsp3) is 0.217. The molecule has 0 spiro atoms. The van der Waals surface area contributed by atoms with Gasteiger partial charge in [0.2, 0.25) is 11.7 Å². The average Bonchev–Trinajstić information content (AvgIpc) is 3.47. The molecule has 0 fully saturated rings. The smallest absolute Gasteiger partial charge is 0.254 e. The maximum absolute atomic E-state index is 13.4. The largest absolute Gasteiger partial charge is 0.497 e. The lowest BCUT2D eigenvalue weighted by molar-refractivity contribution is 0.0589. The van der Waals surface area contributed by atoms with E-state index in [1.54, 1.807) is 42.6 Å². The molecular weight excluding hydrogens is 394 g/mol. The summed E-state index contributed by atoms with van der Waals surface area (Å²) in [5, 5.41) is 4.16. The van der Waals surface area contributed by atoms with Crippen molar-refractivity contribution in [3.63, 3.8) is 0 Å². The Labute approximate surface area is 178 Å². The van der Waals surface area contributed by atoms with Gasteiger partial charge in [0.15, 0.2) is 0 Å². The van der Waals surface area contributed by atoms with Crippen LogP contribution >= 0.6 is 0 Å². The van der Waals surface area contributed by atoms with E-state index in [0.717, 1.165) is 22.5 Å². The molecule has 3 heterocycles. The summed E-state index contributed by atoms with van der Waals surface area (Å²) < 4.78 is 10.8. The highest BCUT2D eigenvalue weighted by Crippen LogP contribution is 2.33. The first-order valence-electron chi connectivity index (χ1n) is 9.99. The molecule has 5 rings (SSSR count). The molecular formula is C23H21N5O3. The third-order valence-electron chi connectivity index (χ3n) is 5.53. The highest BCUT2D eigenvalue weighted by Gasteiger charge is 2.36. The molecule has 2 aromatic heterocycles. The zero-order valence-corrected chi connectivity index (χ0v) is 17.2. The number of aryl methyl sites for hydroxylation is 1. The van der Waals surface area contributed by atoms with Crippen molar-refractivity contribution in [2.75, 3.05) is 7.11 Å². The zero-order chi connectivity index (χ0) is 21.4. The molecule has 0 bridgehead atoms. The number of nitrogens with zero attached hydrogens (tertiary/aromatic N) is 4. The Morgan fingerprint density at radius 1 is 1.16 bits per heavy atom. The number of carbonyl (C=O) groups is 1. The first-order valence-corrected chi connectivity index (χ1v) is 9.99. The lowest BCUT2D eigenvalue weighted by Crippen LogP contribution is -2.39. The molecule has 1 aliphatic heterocycles. The van der Waals surface area contributed by atoms with Crippen molar-refractivity contribution in [2.24, 2.45) is 0 Å². The number of imidazole rings is 1. The normalized spacial score (nSPS) is 15.5. The number of hydrogen-bond acceptors (Lipinski definition) is 6. The second-order valence-corrected chi connectivity index (χ2v) is 7.53. The topological polar surface area (TPSA) is 97.1 Å². The molecule has 1 N–H and O–H groups in total. The number of carbonyl (C=O) groups excluding carboxylic acids is 1. The number of ether oxygens (including phenoxy) is 1. The highest BCUT2D eigenvalue weighted by atomic mass is 16.5. The van der Waals surface area contributed by atoms with Gasteiger partial charge in [-0.3, -0.25) is 4.79 Å². The van der Waals surface area contributed by atoms with Crippen LogP contribution < -0.4 is 4.74 Å². The molecule has 1 unspecified atom stereocenters. The van der Waals surface area contributed by atoms with Gasteiger partial charge in [0.25, 0.3) is 5.91 Å². The molecule has 8 heteroatoms. The van der Waals surface area contributed by atoms with Crippen LogP contribution in [0.5, 0.6) is 5.75 Å². The van der Waals surface area contributed by atoms with Gasteiger partial charge in [0.05, 0.1) is 31.4 Å². The summed E-state index contributed by atoms with van der Waals surface area (Å²) in [4.78, 5) is 27.3. The van der Waals surface area contributed by atoms with Gasteiger partial charge in [-0.15, -0.1) is 0 Å². The Balaban J connectivity index is 1.49. The van der Waals surface area contributed by atoms with Crippen molar-refractivity contribution in [3.05, 3.63) is 83.3 Å². The molecule has 0 aliphatic carbocycles. The van der Waals surface area contributed by atoms with Gasteiger partial charge >= 0.3 is 0 Å². The number of amides is 1. The van der Waals surface area contributed by atoms with Crippen LogP contribution in [0.2, 0.25) is 0 Å². The van der Waals surface area contributed by atoms with E-state index in [-0.39, 0.29) is 5.91 Å². The lowest BCUT2D eigenvalue weighted by Gasteiger charge is -2.32. The van der Waals surface area contributed by atoms with Crippen LogP contribution in [-0.2, 0) is 13.0 Å². The Morgan fingerprint density at radius 3 is 2.68 bits per heavy atom. The zero-order valence-electron chi connectivity index (χ0n) is 17.2. The molecule has 0 radical (unpaired) electrons. The van der Waals surface area contributed by atoms with Crippen LogP contribution in [0.15, 0.2) is 59.4 Å². The number of fused-ring (bicyclic) bond motifs is 1. The number of hydrogen-bond donors (Lipinski definition) is 1. The molecule has 4 aromatic rings. The van der Waals surface area contributed by atoms with Crippen LogP contribution in [0.25, 0.3) is 11.4 Å². The predicted molar refractivity (Wildman–Crippen MR) is 112 cm³/mol. The van der Waals surface area contributed by atoms with Crippen molar-refractivity contribution in [3.8, 4) is 17.1 Å². The number of rotatable bonds is 4. The molecule has 156 valence electrons. The molecule has 0 saturated heterocycles. The number of nitrogens with one attached hydrogen (secondary N) is 1. The maximum Gasteiger partial charge on any atom is 0.254 e. The van der Waals surface area contributed by atoms with E-state index in [0.29, 0.717) is 36.0 Å². The standard InChI is InChI=1S/C23H21N5O3/c1-14-3-5-15(6-4-14)21-26-22(31-27-21)20-11-18-19(25-13-24-18)12-28(20)23(29)16-7-9-17(30-2)10-8-16/h3-10,13,20H,11-12H2,1-2H3,(H,24,25). The number of aromatic amines is 1. The van der Waals surface area contributed by atoms with Gasteiger partial charge in [-0.25, -0.2) is 4.98 Å². The summed E-state index contributed by atoms with van der Waals surface area (Å²) in [5.74, 6) is 1.47. The molecule has 0 saturated carbocycles. The summed E-state index contributed by atoms with van der Waals surface area (Å²) in [6.07, 6.45) is 2.14. The second-order valence-electron chi connectivity index (χ2n) is 7.53. The third kappa shape index (κ3) is 3.56. The van der Waals surface area contributed by atoms with Crippen LogP contribution in [0, 0.1) is 6.92 Å². The minimum absolute atomic E-state index is 0.122. The maximum atomic E-state index is 13.4. The minimum atomic E-state index is -0.405. The molecule has 1 amide bonds. The van der Waals surface area contributed by atoms with E-state index >= 15 is 0 Å². The monoisotopic (exact) mass is 415 g/mol. The Kier molecular flexibility index (Phi) is 4.74. The Morgan fingerprint density at radius 2 is 1.94 bits per heavy atom. The van der Waals surface area contributed by atoms with E-state index in [1.807, 2.05) is 31.2 Å². The molecule has 1 atom stereocenters. The number of H-pyrrole nitrogens is 1. The number of methoxy groups -OCH3 is 1. The SMILES string of the molecule is COc1ccc(C(=O)N2Cc3[nH]cnc3CC2c2nc(-c3ccc(C)cc3)no2)cc1. The van der Waals surface area contributed by atoms with Crippen LogP contribution in [-0.4, -0.2) is 38.0 Å². The van der Waals surface area contributed by atoms with Gasteiger partial charge in [-0.2, -0.15) is 4.98 Å². The molecule has 8 nitrogen and oxygen atoms in total. The van der Waals surface area contributed by atoms with Gasteiger partial charge in [-0.05, 0) is 31.2 Å². The third-order valence-corrected chi connectivity index (χ3v) is 5.53. The Hall–Kier alpha value is -3.94. The van der Waals surface area contributed by atoms with Gasteiger partial charge in [-0.1, -0.05) is 35.0 Å². The fourth-order valence-electron chi connectivity index (χ4n) is 3.76. The second kappa shape index (κ2) is 7.71. The van der Waals surface area contributed by atoms with E-state index < -0.39 is 6.04 Å². The van der Waals surface area contributed by atoms with Crippen molar-refractivity contribution < 1.29 is 14.1 Å². The summed E-state index contributed by atoms with van der Waals surface area (Å²) in [7, 11) is 1.60. The van der Waals surface area contributed by atoms with Crippen molar-refractivity contribution in [1.82, 2.24) is 25.0 Å². The highest BCUT2D eigenvalue weighted by molar-refractivity contribution is 5.94. The summed E-state index contributed by atoms with van der Waals surface area (Å²) in [6.45, 7) is 2.41. The van der Waals surface area contributed by atoms with Crippen molar-refractivity contribution in [2.45, 2.75) is 25.9 Å². The first-order chi connectivity index (χ1) is 15.1. The average molecular weight is 415 g/mol. The summed E-state index contributed by atoms with van der Waals surface area (Å²) in [5.41, 5.74) is 4.40. The molecule has 1 aliphatic rings. The van der Waals surface area contributed by atoms with Gasteiger partial charge in [0.1, 0.15) is 11.8 Å². The lowest BCUT2D eigenvalue weighted by atomic mass is 10.0. The summed E-state index contributed by atoms with van der Waals surface area (Å²) >= 11 is 0. The van der Waals surface area contributed by atoms with Crippen LogP contribution in [0.3, 0.4) is 0 Å². The molecule has 2 aromatic carbocycles. The van der Waals surface area contributed by atoms with E-state index in [2.05, 4.69) is 20.1 Å². The van der Waals surface area contributed by atoms with Crippen LogP contribution in [0.4, 0.5) is 0 Å². The fourth-order valence-corrected chi connectivity index (χ4v) is 3.76. The quantitative estimate of drug-likeness (QED) is 0.546. The molecule has 31 heavy (non-hydrogen) atoms. The van der Waals surface area contributed by atoms with Crippen molar-refractivity contribution >= 4 is 5.91 Å². The van der Waals surface area contributed by atoms with E-state index in [1.165, 1.54) is 0 Å². The van der Waals surface area contributed by atoms with E-state index in [4.69, 9.17) is 9.26 Å². The van der Waals surface area contributed by atoms with Gasteiger partial charge < -0.3 is 19.1 Å². The number of aromatic nitrogens is 4.